The molecule has 0 fully saturated rings. The monoisotopic (exact) mass is 452 g/mol. The lowest BCUT2D eigenvalue weighted by molar-refractivity contribution is 0.0947. The molecule has 0 aliphatic carbocycles. The van der Waals surface area contributed by atoms with Gasteiger partial charge in [-0.2, -0.15) is 5.10 Å². The topological polar surface area (TPSA) is 92.0 Å². The number of hydrogen-bond donors (Lipinski definition) is 3. The van der Waals surface area contributed by atoms with E-state index in [4.69, 9.17) is 9.47 Å². The Bertz CT molecular complexity index is 1450. The molecule has 0 saturated carbocycles. The number of rotatable bonds is 7. The molecule has 3 aromatic carbocycles. The normalized spacial score (nSPS) is 10.9. The highest BCUT2D eigenvalue weighted by Crippen LogP contribution is 2.36. The average molecular weight is 453 g/mol. The summed E-state index contributed by atoms with van der Waals surface area (Å²) in [7, 11) is 3.26. The van der Waals surface area contributed by atoms with Gasteiger partial charge in [-0.15, -0.1) is 0 Å². The zero-order chi connectivity index (χ0) is 23.5. The largest absolute Gasteiger partial charge is 0.497 e. The van der Waals surface area contributed by atoms with Gasteiger partial charge in [0.1, 0.15) is 17.2 Å². The van der Waals surface area contributed by atoms with E-state index in [1.807, 2.05) is 72.9 Å². The van der Waals surface area contributed by atoms with Crippen LogP contribution in [0, 0.1) is 0 Å². The summed E-state index contributed by atoms with van der Waals surface area (Å²) >= 11 is 0. The quantitative estimate of drug-likeness (QED) is 0.318. The van der Waals surface area contributed by atoms with Crippen LogP contribution in [0.2, 0.25) is 0 Å². The molecule has 0 saturated heterocycles. The zero-order valence-corrected chi connectivity index (χ0v) is 18.9. The van der Waals surface area contributed by atoms with E-state index in [-0.39, 0.29) is 5.91 Å². The first-order valence-electron chi connectivity index (χ1n) is 10.9. The number of carbonyl (C=O) groups excluding carboxylic acids is 1. The van der Waals surface area contributed by atoms with Crippen LogP contribution in [0.4, 0.5) is 0 Å². The van der Waals surface area contributed by atoms with Gasteiger partial charge in [0.2, 0.25) is 0 Å². The van der Waals surface area contributed by atoms with Crippen LogP contribution in [0.1, 0.15) is 16.1 Å². The van der Waals surface area contributed by atoms with Crippen LogP contribution in [0.15, 0.2) is 79.1 Å². The number of carbonyl (C=O) groups is 1. The van der Waals surface area contributed by atoms with E-state index in [9.17, 15) is 4.79 Å². The minimum atomic E-state index is -0.193. The Labute approximate surface area is 196 Å². The Morgan fingerprint density at radius 2 is 1.71 bits per heavy atom. The van der Waals surface area contributed by atoms with Gasteiger partial charge >= 0.3 is 0 Å². The Morgan fingerprint density at radius 3 is 2.47 bits per heavy atom. The lowest BCUT2D eigenvalue weighted by Gasteiger charge is -2.09. The molecule has 34 heavy (non-hydrogen) atoms. The maximum absolute atomic E-state index is 13.4. The van der Waals surface area contributed by atoms with Gasteiger partial charge in [0, 0.05) is 34.8 Å². The van der Waals surface area contributed by atoms with Gasteiger partial charge in [0.25, 0.3) is 5.91 Å². The molecular formula is C27H24N4O3. The number of ether oxygens (including phenoxy) is 2. The molecule has 1 amide bonds. The van der Waals surface area contributed by atoms with Crippen molar-refractivity contribution in [1.82, 2.24) is 20.5 Å². The van der Waals surface area contributed by atoms with Gasteiger partial charge in [0.05, 0.1) is 20.4 Å². The number of H-pyrrole nitrogens is 2. The van der Waals surface area contributed by atoms with Gasteiger partial charge in [-0.05, 0) is 47.0 Å². The molecule has 0 aliphatic rings. The number of nitrogens with zero attached hydrogens (tertiary/aromatic N) is 1. The maximum atomic E-state index is 13.4. The highest BCUT2D eigenvalue weighted by molar-refractivity contribution is 6.10. The average Bonchev–Trinajstić information content (AvgIpc) is 3.55. The fourth-order valence-corrected chi connectivity index (χ4v) is 4.09. The molecule has 5 aromatic rings. The zero-order valence-electron chi connectivity index (χ0n) is 18.9. The van der Waals surface area contributed by atoms with Crippen molar-refractivity contribution < 1.29 is 14.3 Å². The second kappa shape index (κ2) is 9.15. The molecule has 0 atom stereocenters. The molecule has 0 spiro atoms. The number of fused-ring (bicyclic) bond motifs is 1. The van der Waals surface area contributed by atoms with E-state index in [1.54, 1.807) is 20.4 Å². The van der Waals surface area contributed by atoms with Crippen LogP contribution in [-0.4, -0.2) is 35.3 Å². The third-order valence-electron chi connectivity index (χ3n) is 5.80. The lowest BCUT2D eigenvalue weighted by Crippen LogP contribution is -2.23. The lowest BCUT2D eigenvalue weighted by atomic mass is 9.99. The highest BCUT2D eigenvalue weighted by atomic mass is 16.5. The minimum Gasteiger partial charge on any atom is -0.497 e. The molecule has 5 rings (SSSR count). The SMILES string of the molecule is COc1cccc(CNC(=O)c2[nH]c3cc(-c4cn[nH]c4)ccc3c2-c2cccc(OC)c2)c1. The van der Waals surface area contributed by atoms with E-state index >= 15 is 0 Å². The van der Waals surface area contributed by atoms with Gasteiger partial charge < -0.3 is 19.8 Å². The third kappa shape index (κ3) is 4.11. The second-order valence-corrected chi connectivity index (χ2v) is 7.89. The Hall–Kier alpha value is -4.52. The van der Waals surface area contributed by atoms with E-state index in [0.717, 1.165) is 50.2 Å². The van der Waals surface area contributed by atoms with E-state index in [2.05, 4.69) is 20.5 Å². The molecule has 3 N–H and O–H groups in total. The van der Waals surface area contributed by atoms with E-state index in [0.29, 0.717) is 12.2 Å². The Balaban J connectivity index is 1.56. The van der Waals surface area contributed by atoms with Crippen molar-refractivity contribution in [2.75, 3.05) is 14.2 Å². The van der Waals surface area contributed by atoms with Crippen LogP contribution in [0.3, 0.4) is 0 Å². The van der Waals surface area contributed by atoms with Crippen molar-refractivity contribution in [3.63, 3.8) is 0 Å². The predicted molar refractivity (Wildman–Crippen MR) is 132 cm³/mol. The number of nitrogens with one attached hydrogen (secondary N) is 3. The predicted octanol–water partition coefficient (Wildman–Crippen LogP) is 5.17. The summed E-state index contributed by atoms with van der Waals surface area (Å²) in [5, 5.41) is 10.9. The van der Waals surface area contributed by atoms with Crippen molar-refractivity contribution in [2.24, 2.45) is 0 Å². The van der Waals surface area contributed by atoms with Gasteiger partial charge in [-0.3, -0.25) is 9.89 Å². The molecular weight excluding hydrogens is 428 g/mol. The number of hydrogen-bond acceptors (Lipinski definition) is 4. The molecule has 2 aromatic heterocycles. The maximum Gasteiger partial charge on any atom is 0.268 e. The summed E-state index contributed by atoms with van der Waals surface area (Å²) in [5.74, 6) is 1.28. The summed E-state index contributed by atoms with van der Waals surface area (Å²) in [6.45, 7) is 0.378. The summed E-state index contributed by atoms with van der Waals surface area (Å²) < 4.78 is 10.7. The Morgan fingerprint density at radius 1 is 0.912 bits per heavy atom. The first-order chi connectivity index (χ1) is 16.7. The van der Waals surface area contributed by atoms with Crippen LogP contribution < -0.4 is 14.8 Å². The second-order valence-electron chi connectivity index (χ2n) is 7.89. The summed E-state index contributed by atoms with van der Waals surface area (Å²) in [5.41, 5.74) is 6.02. The highest BCUT2D eigenvalue weighted by Gasteiger charge is 2.20. The number of aromatic amines is 2. The molecule has 7 nitrogen and oxygen atoms in total. The van der Waals surface area contributed by atoms with Crippen LogP contribution >= 0.6 is 0 Å². The number of methoxy groups -OCH3 is 2. The van der Waals surface area contributed by atoms with Crippen molar-refractivity contribution in [3.05, 3.63) is 90.4 Å². The van der Waals surface area contributed by atoms with Gasteiger partial charge in [-0.1, -0.05) is 36.4 Å². The fourth-order valence-electron chi connectivity index (χ4n) is 4.09. The van der Waals surface area contributed by atoms with Crippen molar-refractivity contribution in [3.8, 4) is 33.8 Å². The number of amides is 1. The van der Waals surface area contributed by atoms with Gasteiger partial charge in [0.15, 0.2) is 0 Å². The summed E-state index contributed by atoms with van der Waals surface area (Å²) in [4.78, 5) is 16.7. The van der Waals surface area contributed by atoms with E-state index < -0.39 is 0 Å². The molecule has 0 radical (unpaired) electrons. The summed E-state index contributed by atoms with van der Waals surface area (Å²) in [6, 6.07) is 21.5. The van der Waals surface area contributed by atoms with Crippen LogP contribution in [0.5, 0.6) is 11.5 Å². The van der Waals surface area contributed by atoms with Crippen LogP contribution in [0.25, 0.3) is 33.2 Å². The third-order valence-corrected chi connectivity index (χ3v) is 5.80. The van der Waals surface area contributed by atoms with Gasteiger partial charge in [-0.25, -0.2) is 0 Å². The molecule has 7 heteroatoms. The molecule has 0 aliphatic heterocycles. The van der Waals surface area contributed by atoms with Crippen molar-refractivity contribution in [1.29, 1.82) is 0 Å². The molecule has 0 unspecified atom stereocenters. The molecule has 2 heterocycles. The standard InChI is InChI=1S/C27H24N4O3/c1-33-21-7-3-5-17(11-21)14-28-27(32)26-25(19-6-4-8-22(12-19)34-2)23-10-9-18(13-24(23)31-26)20-15-29-30-16-20/h3-13,15-16,31H,14H2,1-2H3,(H,28,32)(H,29,30). The van der Waals surface area contributed by atoms with Crippen molar-refractivity contribution in [2.45, 2.75) is 6.54 Å². The first kappa shape index (κ1) is 21.3. The fraction of sp³-hybridized carbons (Fsp3) is 0.111. The summed E-state index contributed by atoms with van der Waals surface area (Å²) in [6.07, 6.45) is 3.61. The molecule has 0 bridgehead atoms. The van der Waals surface area contributed by atoms with Crippen molar-refractivity contribution >= 4 is 16.8 Å². The van der Waals surface area contributed by atoms with E-state index in [1.165, 1.54) is 0 Å². The Kier molecular flexibility index (Phi) is 5.74. The molecule has 170 valence electrons. The smallest absolute Gasteiger partial charge is 0.268 e. The number of aromatic nitrogens is 3. The van der Waals surface area contributed by atoms with Crippen LogP contribution in [-0.2, 0) is 6.54 Å². The minimum absolute atomic E-state index is 0.193. The first-order valence-corrected chi connectivity index (χ1v) is 10.9. The number of benzene rings is 3.